The number of nitrogens with zero attached hydrogens (tertiary/aromatic N) is 1. The highest BCUT2D eigenvalue weighted by molar-refractivity contribution is 5.95. The third-order valence-corrected chi connectivity index (χ3v) is 4.05. The molecule has 1 N–H and O–H groups in total. The van der Waals surface area contributed by atoms with Crippen LogP contribution in [0.25, 0.3) is 0 Å². The van der Waals surface area contributed by atoms with Crippen molar-refractivity contribution in [3.8, 4) is 5.75 Å². The molecule has 0 atom stereocenters. The van der Waals surface area contributed by atoms with Gasteiger partial charge in [0.05, 0.1) is 6.61 Å². The highest BCUT2D eigenvalue weighted by atomic mass is 16.5. The maximum absolute atomic E-state index is 12.3. The third-order valence-electron chi connectivity index (χ3n) is 4.05. The lowest BCUT2D eigenvalue weighted by atomic mass is 10.1. The first-order valence-corrected chi connectivity index (χ1v) is 8.93. The lowest BCUT2D eigenvalue weighted by Crippen LogP contribution is -2.32. The molecule has 0 aliphatic carbocycles. The van der Waals surface area contributed by atoms with Gasteiger partial charge in [-0.2, -0.15) is 0 Å². The van der Waals surface area contributed by atoms with E-state index < -0.39 is 0 Å². The Labute approximate surface area is 155 Å². The molecule has 0 saturated heterocycles. The van der Waals surface area contributed by atoms with E-state index in [1.54, 1.807) is 17.0 Å². The van der Waals surface area contributed by atoms with Crippen LogP contribution in [-0.2, 0) is 16.0 Å². The van der Waals surface area contributed by atoms with E-state index in [-0.39, 0.29) is 18.2 Å². The molecule has 5 nitrogen and oxygen atoms in total. The SMILES string of the molecule is CCOc1ccc(NC(=O)CCN(C(C)=O)c2ccccc2CC)cc1. The molecule has 0 saturated carbocycles. The first kappa shape index (κ1) is 19.5. The van der Waals surface area contributed by atoms with Gasteiger partial charge in [0.15, 0.2) is 0 Å². The summed E-state index contributed by atoms with van der Waals surface area (Å²) < 4.78 is 5.39. The van der Waals surface area contributed by atoms with Crippen molar-refractivity contribution < 1.29 is 14.3 Å². The van der Waals surface area contributed by atoms with Crippen molar-refractivity contribution in [1.29, 1.82) is 0 Å². The van der Waals surface area contributed by atoms with Gasteiger partial charge in [0, 0.05) is 31.3 Å². The van der Waals surface area contributed by atoms with E-state index in [1.807, 2.05) is 43.3 Å². The summed E-state index contributed by atoms with van der Waals surface area (Å²) >= 11 is 0. The second-order valence-electron chi connectivity index (χ2n) is 5.91. The van der Waals surface area contributed by atoms with Crippen molar-refractivity contribution in [2.45, 2.75) is 33.6 Å². The molecule has 0 radical (unpaired) electrons. The van der Waals surface area contributed by atoms with Crippen LogP contribution in [0.15, 0.2) is 48.5 Å². The van der Waals surface area contributed by atoms with Gasteiger partial charge >= 0.3 is 0 Å². The molecule has 0 unspecified atom stereocenters. The predicted molar refractivity (Wildman–Crippen MR) is 105 cm³/mol. The Hall–Kier alpha value is -2.82. The summed E-state index contributed by atoms with van der Waals surface area (Å²) in [6.07, 6.45) is 1.06. The van der Waals surface area contributed by atoms with Gasteiger partial charge in [0.25, 0.3) is 0 Å². The van der Waals surface area contributed by atoms with Crippen molar-refractivity contribution >= 4 is 23.2 Å². The van der Waals surface area contributed by atoms with Crippen LogP contribution in [-0.4, -0.2) is 25.0 Å². The van der Waals surface area contributed by atoms with Crippen molar-refractivity contribution in [3.63, 3.8) is 0 Å². The fourth-order valence-corrected chi connectivity index (χ4v) is 2.76. The second kappa shape index (κ2) is 9.61. The summed E-state index contributed by atoms with van der Waals surface area (Å²) in [6, 6.07) is 15.0. The summed E-state index contributed by atoms with van der Waals surface area (Å²) in [5, 5.41) is 2.85. The molecular formula is C21H26N2O3. The number of amides is 2. The largest absolute Gasteiger partial charge is 0.494 e. The molecular weight excluding hydrogens is 328 g/mol. The van der Waals surface area contributed by atoms with Gasteiger partial charge in [-0.15, -0.1) is 0 Å². The average molecular weight is 354 g/mol. The summed E-state index contributed by atoms with van der Waals surface area (Å²) in [6.45, 7) is 6.45. The van der Waals surface area contributed by atoms with E-state index in [9.17, 15) is 9.59 Å². The molecule has 0 aromatic heterocycles. The molecule has 2 aromatic carbocycles. The first-order chi connectivity index (χ1) is 12.5. The molecule has 0 fully saturated rings. The van der Waals surface area contributed by atoms with Crippen LogP contribution in [0.5, 0.6) is 5.75 Å². The Kier molecular flexibility index (Phi) is 7.21. The van der Waals surface area contributed by atoms with Crippen molar-refractivity contribution in [1.82, 2.24) is 0 Å². The predicted octanol–water partition coefficient (Wildman–Crippen LogP) is 4.03. The van der Waals surface area contributed by atoms with Gasteiger partial charge in [-0.3, -0.25) is 9.59 Å². The average Bonchev–Trinajstić information content (AvgIpc) is 2.64. The maximum atomic E-state index is 12.3. The zero-order valence-electron chi connectivity index (χ0n) is 15.6. The van der Waals surface area contributed by atoms with E-state index in [4.69, 9.17) is 4.74 Å². The monoisotopic (exact) mass is 354 g/mol. The molecule has 2 rings (SSSR count). The Bertz CT molecular complexity index is 741. The third kappa shape index (κ3) is 5.34. The Balaban J connectivity index is 1.98. The quantitative estimate of drug-likeness (QED) is 0.779. The van der Waals surface area contributed by atoms with Crippen molar-refractivity contribution in [2.24, 2.45) is 0 Å². The highest BCUT2D eigenvalue weighted by Crippen LogP contribution is 2.22. The number of carbonyl (C=O) groups excluding carboxylic acids is 2. The van der Waals surface area contributed by atoms with Crippen molar-refractivity contribution in [2.75, 3.05) is 23.4 Å². The molecule has 26 heavy (non-hydrogen) atoms. The highest BCUT2D eigenvalue weighted by Gasteiger charge is 2.16. The fourth-order valence-electron chi connectivity index (χ4n) is 2.76. The van der Waals surface area contributed by atoms with E-state index in [2.05, 4.69) is 12.2 Å². The molecule has 0 aliphatic heterocycles. The Morgan fingerprint density at radius 3 is 2.35 bits per heavy atom. The Morgan fingerprint density at radius 1 is 1.04 bits per heavy atom. The van der Waals surface area contributed by atoms with Crippen molar-refractivity contribution in [3.05, 3.63) is 54.1 Å². The minimum Gasteiger partial charge on any atom is -0.494 e. The second-order valence-corrected chi connectivity index (χ2v) is 5.91. The number of para-hydroxylation sites is 1. The van der Waals surface area contributed by atoms with Crippen LogP contribution in [0.2, 0.25) is 0 Å². The summed E-state index contributed by atoms with van der Waals surface area (Å²) in [5.41, 5.74) is 2.67. The standard InChI is InChI=1S/C21H26N2O3/c1-4-17-8-6-7-9-20(17)23(16(3)24)15-14-21(25)22-18-10-12-19(13-11-18)26-5-2/h6-13H,4-5,14-15H2,1-3H3,(H,22,25). The molecule has 2 aromatic rings. The number of aryl methyl sites for hydroxylation is 1. The number of nitrogens with one attached hydrogen (secondary N) is 1. The zero-order valence-corrected chi connectivity index (χ0v) is 15.6. The lowest BCUT2D eigenvalue weighted by Gasteiger charge is -2.23. The molecule has 0 bridgehead atoms. The zero-order chi connectivity index (χ0) is 18.9. The molecule has 0 spiro atoms. The smallest absolute Gasteiger partial charge is 0.226 e. The lowest BCUT2D eigenvalue weighted by molar-refractivity contribution is -0.117. The van der Waals surface area contributed by atoms with E-state index >= 15 is 0 Å². The number of hydrogen-bond donors (Lipinski definition) is 1. The topological polar surface area (TPSA) is 58.6 Å². The summed E-state index contributed by atoms with van der Waals surface area (Å²) in [5.74, 6) is 0.568. The minimum absolute atomic E-state index is 0.0697. The van der Waals surface area contributed by atoms with Crippen LogP contribution < -0.4 is 15.0 Å². The van der Waals surface area contributed by atoms with Gasteiger partial charge in [-0.05, 0) is 49.2 Å². The summed E-state index contributed by atoms with van der Waals surface area (Å²) in [4.78, 5) is 26.0. The van der Waals surface area contributed by atoms with Crippen LogP contribution in [0.1, 0.15) is 32.8 Å². The van der Waals surface area contributed by atoms with Crippen LogP contribution in [0.4, 0.5) is 11.4 Å². The normalized spacial score (nSPS) is 10.3. The molecule has 0 heterocycles. The van der Waals surface area contributed by atoms with Gasteiger partial charge in [-0.1, -0.05) is 25.1 Å². The Morgan fingerprint density at radius 2 is 1.73 bits per heavy atom. The number of rotatable bonds is 8. The molecule has 2 amide bonds. The van der Waals surface area contributed by atoms with Gasteiger partial charge in [-0.25, -0.2) is 0 Å². The number of carbonyl (C=O) groups is 2. The van der Waals surface area contributed by atoms with Gasteiger partial charge < -0.3 is 15.0 Å². The van der Waals surface area contributed by atoms with Crippen LogP contribution >= 0.6 is 0 Å². The molecule has 5 heteroatoms. The number of anilines is 2. The van der Waals surface area contributed by atoms with Crippen LogP contribution in [0, 0.1) is 0 Å². The summed E-state index contributed by atoms with van der Waals surface area (Å²) in [7, 11) is 0. The number of hydrogen-bond acceptors (Lipinski definition) is 3. The van der Waals surface area contributed by atoms with E-state index in [1.165, 1.54) is 6.92 Å². The van der Waals surface area contributed by atoms with E-state index in [0.717, 1.165) is 23.4 Å². The number of ether oxygens (including phenoxy) is 1. The fraction of sp³-hybridized carbons (Fsp3) is 0.333. The molecule has 0 aliphatic rings. The molecule has 138 valence electrons. The van der Waals surface area contributed by atoms with Gasteiger partial charge in [0.1, 0.15) is 5.75 Å². The van der Waals surface area contributed by atoms with Crippen LogP contribution in [0.3, 0.4) is 0 Å². The van der Waals surface area contributed by atoms with E-state index in [0.29, 0.717) is 18.8 Å². The number of benzene rings is 2. The van der Waals surface area contributed by atoms with Gasteiger partial charge in [0.2, 0.25) is 11.8 Å². The first-order valence-electron chi connectivity index (χ1n) is 8.93. The maximum Gasteiger partial charge on any atom is 0.226 e. The minimum atomic E-state index is -0.130.